The minimum Gasteiger partial charge on any atom is -0.349 e. The maximum Gasteiger partial charge on any atom is 0.251 e. The highest BCUT2D eigenvalue weighted by atomic mass is 16.2. The number of anilines is 1. The van der Waals surface area contributed by atoms with E-state index in [1.165, 1.54) is 6.92 Å². The van der Waals surface area contributed by atoms with Gasteiger partial charge in [-0.15, -0.1) is 0 Å². The van der Waals surface area contributed by atoms with Crippen molar-refractivity contribution in [3.05, 3.63) is 65.2 Å². The number of benzene rings is 2. The lowest BCUT2D eigenvalue weighted by molar-refractivity contribution is -0.120. The van der Waals surface area contributed by atoms with Gasteiger partial charge in [-0.3, -0.25) is 14.4 Å². The second-order valence-electron chi connectivity index (χ2n) is 7.24. The van der Waals surface area contributed by atoms with E-state index in [1.807, 2.05) is 31.2 Å². The summed E-state index contributed by atoms with van der Waals surface area (Å²) in [6.45, 7) is 3.42. The van der Waals surface area contributed by atoms with Gasteiger partial charge in [0.15, 0.2) is 0 Å². The van der Waals surface area contributed by atoms with Crippen LogP contribution in [0.3, 0.4) is 0 Å². The first-order valence-electron chi connectivity index (χ1n) is 9.45. The molecule has 1 saturated carbocycles. The van der Waals surface area contributed by atoms with Gasteiger partial charge in [-0.05, 0) is 49.6 Å². The van der Waals surface area contributed by atoms with E-state index in [0.29, 0.717) is 17.3 Å². The van der Waals surface area contributed by atoms with Gasteiger partial charge in [0, 0.05) is 24.2 Å². The first-order chi connectivity index (χ1) is 13.4. The molecule has 1 aliphatic rings. The Labute approximate surface area is 164 Å². The predicted octanol–water partition coefficient (Wildman–Crippen LogP) is 3.09. The summed E-state index contributed by atoms with van der Waals surface area (Å²) in [5.74, 6) is -0.496. The highest BCUT2D eigenvalue weighted by molar-refractivity contribution is 5.96. The fraction of sp³-hybridized carbons (Fsp3) is 0.318. The number of aryl methyl sites for hydroxylation is 1. The van der Waals surface area contributed by atoms with Gasteiger partial charge in [-0.1, -0.05) is 29.8 Å². The SMILES string of the molecule is CC(=O)N[C@@H](CC(=O)Nc1ccc(C(=O)NC2CC2)cc1)c1ccc(C)cc1. The maximum atomic E-state index is 12.5. The van der Waals surface area contributed by atoms with Crippen LogP contribution >= 0.6 is 0 Å². The van der Waals surface area contributed by atoms with Crippen molar-refractivity contribution in [1.29, 1.82) is 0 Å². The van der Waals surface area contributed by atoms with Crippen LogP contribution in [0, 0.1) is 6.92 Å². The summed E-state index contributed by atoms with van der Waals surface area (Å²) in [5, 5.41) is 8.58. The van der Waals surface area contributed by atoms with Crippen molar-refractivity contribution in [1.82, 2.24) is 10.6 Å². The van der Waals surface area contributed by atoms with Crippen molar-refractivity contribution in [3.8, 4) is 0 Å². The number of hydrogen-bond donors (Lipinski definition) is 3. The molecule has 3 amide bonds. The Balaban J connectivity index is 1.61. The summed E-state index contributed by atoms with van der Waals surface area (Å²) < 4.78 is 0. The van der Waals surface area contributed by atoms with Crippen LogP contribution in [0.5, 0.6) is 0 Å². The Kier molecular flexibility index (Phi) is 6.09. The Hall–Kier alpha value is -3.15. The molecule has 0 spiro atoms. The largest absolute Gasteiger partial charge is 0.349 e. The molecule has 2 aromatic rings. The molecule has 3 rings (SSSR count). The molecule has 0 heterocycles. The molecule has 0 saturated heterocycles. The lowest BCUT2D eigenvalue weighted by Crippen LogP contribution is -2.29. The molecule has 0 aromatic heterocycles. The van der Waals surface area contributed by atoms with Crippen LogP contribution in [0.1, 0.15) is 53.7 Å². The topological polar surface area (TPSA) is 87.3 Å². The number of amides is 3. The van der Waals surface area contributed by atoms with Crippen molar-refractivity contribution in [2.24, 2.45) is 0 Å². The average molecular weight is 379 g/mol. The van der Waals surface area contributed by atoms with Crippen molar-refractivity contribution in [3.63, 3.8) is 0 Å². The number of rotatable bonds is 7. The molecular weight excluding hydrogens is 354 g/mol. The van der Waals surface area contributed by atoms with Crippen LogP contribution in [0.4, 0.5) is 5.69 Å². The second kappa shape index (κ2) is 8.69. The van der Waals surface area contributed by atoms with Gasteiger partial charge in [0.25, 0.3) is 5.91 Å². The maximum absolute atomic E-state index is 12.5. The Morgan fingerprint density at radius 2 is 1.64 bits per heavy atom. The van der Waals surface area contributed by atoms with Crippen LogP contribution in [0.25, 0.3) is 0 Å². The normalized spacial score (nSPS) is 14.1. The molecule has 6 heteroatoms. The molecule has 0 unspecified atom stereocenters. The third-order valence-electron chi connectivity index (χ3n) is 4.59. The van der Waals surface area contributed by atoms with Gasteiger partial charge >= 0.3 is 0 Å². The van der Waals surface area contributed by atoms with Gasteiger partial charge in [-0.25, -0.2) is 0 Å². The second-order valence-corrected chi connectivity index (χ2v) is 7.24. The van der Waals surface area contributed by atoms with E-state index in [4.69, 9.17) is 0 Å². The summed E-state index contributed by atoms with van der Waals surface area (Å²) in [6, 6.07) is 14.4. The van der Waals surface area contributed by atoms with Gasteiger partial charge in [-0.2, -0.15) is 0 Å². The molecule has 28 heavy (non-hydrogen) atoms. The Morgan fingerprint density at radius 3 is 2.21 bits per heavy atom. The molecule has 3 N–H and O–H groups in total. The van der Waals surface area contributed by atoms with Crippen LogP contribution in [0.2, 0.25) is 0 Å². The first-order valence-corrected chi connectivity index (χ1v) is 9.45. The zero-order valence-electron chi connectivity index (χ0n) is 16.1. The third-order valence-corrected chi connectivity index (χ3v) is 4.59. The fourth-order valence-electron chi connectivity index (χ4n) is 2.90. The van der Waals surface area contributed by atoms with E-state index in [2.05, 4.69) is 16.0 Å². The predicted molar refractivity (Wildman–Crippen MR) is 108 cm³/mol. The van der Waals surface area contributed by atoms with Crippen LogP contribution in [-0.4, -0.2) is 23.8 Å². The van der Waals surface area contributed by atoms with Crippen molar-refractivity contribution >= 4 is 23.4 Å². The van der Waals surface area contributed by atoms with E-state index in [0.717, 1.165) is 24.0 Å². The summed E-state index contributed by atoms with van der Waals surface area (Å²) in [5.41, 5.74) is 3.17. The molecule has 1 fully saturated rings. The number of carbonyl (C=O) groups excluding carboxylic acids is 3. The standard InChI is InChI=1S/C22H25N3O3/c1-14-3-5-16(6-4-14)20(23-15(2)26)13-21(27)24-18-9-7-17(8-10-18)22(28)25-19-11-12-19/h3-10,19-20H,11-13H2,1-2H3,(H,23,26)(H,24,27)(H,25,28)/t20-/m0/s1. The van der Waals surface area contributed by atoms with Gasteiger partial charge in [0.2, 0.25) is 11.8 Å². The molecular formula is C22H25N3O3. The third kappa shape index (κ3) is 5.67. The van der Waals surface area contributed by atoms with E-state index >= 15 is 0 Å². The summed E-state index contributed by atoms with van der Waals surface area (Å²) in [4.78, 5) is 36.0. The smallest absolute Gasteiger partial charge is 0.251 e. The molecule has 0 bridgehead atoms. The summed E-state index contributed by atoms with van der Waals surface area (Å²) in [7, 11) is 0. The van der Waals surface area contributed by atoms with E-state index < -0.39 is 6.04 Å². The van der Waals surface area contributed by atoms with Gasteiger partial charge < -0.3 is 16.0 Å². The zero-order chi connectivity index (χ0) is 20.1. The van der Waals surface area contributed by atoms with E-state index in [-0.39, 0.29) is 24.1 Å². The van der Waals surface area contributed by atoms with Crippen LogP contribution in [0.15, 0.2) is 48.5 Å². The summed E-state index contributed by atoms with van der Waals surface area (Å²) in [6.07, 6.45) is 2.19. The van der Waals surface area contributed by atoms with E-state index in [1.54, 1.807) is 24.3 Å². The number of carbonyl (C=O) groups is 3. The highest BCUT2D eigenvalue weighted by Gasteiger charge is 2.23. The van der Waals surface area contributed by atoms with E-state index in [9.17, 15) is 14.4 Å². The molecule has 1 atom stereocenters. The molecule has 6 nitrogen and oxygen atoms in total. The summed E-state index contributed by atoms with van der Waals surface area (Å²) >= 11 is 0. The van der Waals surface area contributed by atoms with Crippen LogP contribution in [-0.2, 0) is 9.59 Å². The molecule has 1 aliphatic carbocycles. The van der Waals surface area contributed by atoms with Crippen molar-refractivity contribution in [2.75, 3.05) is 5.32 Å². The number of nitrogens with one attached hydrogen (secondary N) is 3. The van der Waals surface area contributed by atoms with Crippen LogP contribution < -0.4 is 16.0 Å². The molecule has 0 radical (unpaired) electrons. The number of hydrogen-bond acceptors (Lipinski definition) is 3. The highest BCUT2D eigenvalue weighted by Crippen LogP contribution is 2.21. The quantitative estimate of drug-likeness (QED) is 0.691. The lowest BCUT2D eigenvalue weighted by Gasteiger charge is -2.18. The fourth-order valence-corrected chi connectivity index (χ4v) is 2.90. The van der Waals surface area contributed by atoms with Gasteiger partial charge in [0.1, 0.15) is 0 Å². The lowest BCUT2D eigenvalue weighted by atomic mass is 10.0. The van der Waals surface area contributed by atoms with Crippen molar-refractivity contribution in [2.45, 2.75) is 45.2 Å². The Morgan fingerprint density at radius 1 is 1.00 bits per heavy atom. The zero-order valence-corrected chi connectivity index (χ0v) is 16.1. The van der Waals surface area contributed by atoms with Crippen molar-refractivity contribution < 1.29 is 14.4 Å². The molecule has 0 aliphatic heterocycles. The minimum atomic E-state index is -0.401. The Bertz CT molecular complexity index is 856. The minimum absolute atomic E-state index is 0.0922. The monoisotopic (exact) mass is 379 g/mol. The molecule has 146 valence electrons. The van der Waals surface area contributed by atoms with Gasteiger partial charge in [0.05, 0.1) is 12.5 Å². The average Bonchev–Trinajstić information content (AvgIpc) is 3.46. The first kappa shape index (κ1) is 19.6. The molecule has 2 aromatic carbocycles.